The van der Waals surface area contributed by atoms with Crippen LogP contribution in [0.3, 0.4) is 0 Å². The second-order valence-corrected chi connectivity index (χ2v) is 6.68. The van der Waals surface area contributed by atoms with Gasteiger partial charge in [-0.05, 0) is 20.8 Å². The molecule has 0 bridgehead atoms. The number of alkyl carbamates (subject to hydrolysis) is 1. The van der Waals surface area contributed by atoms with Gasteiger partial charge in [-0.2, -0.15) is 0 Å². The molecule has 0 aliphatic rings. The molecule has 19 heavy (non-hydrogen) atoms. The summed E-state index contributed by atoms with van der Waals surface area (Å²) in [6, 6.07) is -0.369. The Kier molecular flexibility index (Phi) is 6.49. The van der Waals surface area contributed by atoms with Crippen molar-refractivity contribution in [3.05, 3.63) is 0 Å². The van der Waals surface area contributed by atoms with Crippen molar-refractivity contribution in [2.75, 3.05) is 13.7 Å². The second-order valence-electron chi connectivity index (χ2n) is 6.68. The summed E-state index contributed by atoms with van der Waals surface area (Å²) in [4.78, 5) is 23.6. The number of carbonyl (C=O) groups excluding carboxylic acids is 2. The molecule has 0 rings (SSSR count). The number of rotatable bonds is 5. The summed E-state index contributed by atoms with van der Waals surface area (Å²) in [6.07, 6.45) is -0.299. The first-order valence-corrected chi connectivity index (χ1v) is 6.47. The molecule has 0 radical (unpaired) electrons. The molecule has 1 unspecified atom stereocenters. The minimum absolute atomic E-state index is 0.0746. The summed E-state index contributed by atoms with van der Waals surface area (Å²) < 4.78 is 10.2. The van der Waals surface area contributed by atoms with Gasteiger partial charge in [0.2, 0.25) is 0 Å². The Labute approximate surface area is 116 Å². The SMILES string of the molecule is COCC(CC(=O)C(C)(C)C)NC(=O)OC(C)(C)C. The average Bonchev–Trinajstić information content (AvgIpc) is 2.12. The van der Waals surface area contributed by atoms with Gasteiger partial charge in [0.05, 0.1) is 12.6 Å². The Hall–Kier alpha value is -1.10. The largest absolute Gasteiger partial charge is 0.444 e. The molecule has 0 aromatic heterocycles. The predicted molar refractivity (Wildman–Crippen MR) is 74.1 cm³/mol. The third-order valence-electron chi connectivity index (χ3n) is 2.36. The van der Waals surface area contributed by atoms with Gasteiger partial charge in [-0.1, -0.05) is 20.8 Å². The van der Waals surface area contributed by atoms with E-state index in [1.165, 1.54) is 7.11 Å². The fourth-order valence-corrected chi connectivity index (χ4v) is 1.36. The van der Waals surface area contributed by atoms with Crippen molar-refractivity contribution in [1.82, 2.24) is 5.32 Å². The van der Waals surface area contributed by atoms with Crippen molar-refractivity contribution >= 4 is 11.9 Å². The van der Waals surface area contributed by atoms with Crippen molar-refractivity contribution < 1.29 is 19.1 Å². The zero-order valence-electron chi connectivity index (χ0n) is 13.1. The Bertz CT molecular complexity index is 312. The molecular weight excluding hydrogens is 246 g/mol. The highest BCUT2D eigenvalue weighted by Gasteiger charge is 2.26. The third-order valence-corrected chi connectivity index (χ3v) is 2.36. The monoisotopic (exact) mass is 273 g/mol. The summed E-state index contributed by atoms with van der Waals surface area (Å²) in [6.45, 7) is 11.2. The van der Waals surface area contributed by atoms with Crippen LogP contribution in [0.5, 0.6) is 0 Å². The minimum Gasteiger partial charge on any atom is -0.444 e. The van der Waals surface area contributed by atoms with Crippen LogP contribution in [0.1, 0.15) is 48.0 Å². The van der Waals surface area contributed by atoms with E-state index in [1.807, 2.05) is 20.8 Å². The quantitative estimate of drug-likeness (QED) is 0.836. The molecule has 0 saturated heterocycles. The van der Waals surface area contributed by atoms with Gasteiger partial charge in [0.15, 0.2) is 0 Å². The van der Waals surface area contributed by atoms with Gasteiger partial charge in [0.25, 0.3) is 0 Å². The molecule has 1 atom stereocenters. The number of methoxy groups -OCH3 is 1. The molecule has 0 saturated carbocycles. The molecule has 5 nitrogen and oxygen atoms in total. The summed E-state index contributed by atoms with van der Waals surface area (Å²) in [5, 5.41) is 2.67. The summed E-state index contributed by atoms with van der Waals surface area (Å²) in [5.41, 5.74) is -0.989. The number of hydrogen-bond donors (Lipinski definition) is 1. The highest BCUT2D eigenvalue weighted by atomic mass is 16.6. The van der Waals surface area contributed by atoms with Crippen LogP contribution in [0.15, 0.2) is 0 Å². The fourth-order valence-electron chi connectivity index (χ4n) is 1.36. The average molecular weight is 273 g/mol. The standard InChI is InChI=1S/C14H27NO4/c1-13(2,3)11(16)8-10(9-18-7)15-12(17)19-14(4,5)6/h10H,8-9H2,1-7H3,(H,15,17). The number of hydrogen-bond acceptors (Lipinski definition) is 4. The van der Waals surface area contributed by atoms with Crippen molar-refractivity contribution in [3.63, 3.8) is 0 Å². The van der Waals surface area contributed by atoms with Gasteiger partial charge >= 0.3 is 6.09 Å². The molecule has 112 valence electrons. The minimum atomic E-state index is -0.560. The molecule has 5 heteroatoms. The van der Waals surface area contributed by atoms with Crippen LogP contribution in [0.2, 0.25) is 0 Å². The number of nitrogens with one attached hydrogen (secondary N) is 1. The van der Waals surface area contributed by atoms with E-state index in [0.29, 0.717) is 0 Å². The van der Waals surface area contributed by atoms with Crippen LogP contribution < -0.4 is 5.32 Å². The van der Waals surface area contributed by atoms with Crippen molar-refractivity contribution in [2.24, 2.45) is 5.41 Å². The lowest BCUT2D eigenvalue weighted by molar-refractivity contribution is -0.127. The van der Waals surface area contributed by atoms with Crippen LogP contribution in [0.4, 0.5) is 4.79 Å². The molecule has 0 aliphatic carbocycles. The summed E-state index contributed by atoms with van der Waals surface area (Å²) in [5.74, 6) is 0.0746. The van der Waals surface area contributed by atoms with Gasteiger partial charge in [-0.25, -0.2) is 4.79 Å². The van der Waals surface area contributed by atoms with E-state index >= 15 is 0 Å². The van der Waals surface area contributed by atoms with Crippen LogP contribution >= 0.6 is 0 Å². The zero-order chi connectivity index (χ0) is 15.3. The van der Waals surface area contributed by atoms with Crippen LogP contribution in [0.25, 0.3) is 0 Å². The molecule has 1 N–H and O–H groups in total. The van der Waals surface area contributed by atoms with Crippen LogP contribution in [-0.4, -0.2) is 37.2 Å². The zero-order valence-corrected chi connectivity index (χ0v) is 13.1. The Morgan fingerprint density at radius 2 is 1.63 bits per heavy atom. The lowest BCUT2D eigenvalue weighted by Gasteiger charge is -2.25. The molecule has 1 amide bonds. The number of Topliss-reactive ketones (excluding diaryl/α,β-unsaturated/α-hetero) is 1. The van der Waals surface area contributed by atoms with Crippen LogP contribution in [-0.2, 0) is 14.3 Å². The third kappa shape index (κ3) is 8.59. The van der Waals surface area contributed by atoms with E-state index in [9.17, 15) is 9.59 Å². The van der Waals surface area contributed by atoms with E-state index in [2.05, 4.69) is 5.32 Å². The maximum absolute atomic E-state index is 12.0. The number of amides is 1. The van der Waals surface area contributed by atoms with E-state index in [1.54, 1.807) is 20.8 Å². The van der Waals surface area contributed by atoms with Gasteiger partial charge < -0.3 is 14.8 Å². The Balaban J connectivity index is 4.50. The molecule has 0 heterocycles. The first-order chi connectivity index (χ1) is 8.45. The van der Waals surface area contributed by atoms with E-state index in [0.717, 1.165) is 0 Å². The topological polar surface area (TPSA) is 64.6 Å². The van der Waals surface area contributed by atoms with E-state index in [4.69, 9.17) is 9.47 Å². The summed E-state index contributed by atoms with van der Waals surface area (Å²) >= 11 is 0. The van der Waals surface area contributed by atoms with Gasteiger partial charge in [0.1, 0.15) is 11.4 Å². The molecule has 0 aromatic carbocycles. The van der Waals surface area contributed by atoms with E-state index in [-0.39, 0.29) is 24.9 Å². The molecule has 0 spiro atoms. The number of carbonyl (C=O) groups is 2. The van der Waals surface area contributed by atoms with Crippen LogP contribution in [0, 0.1) is 5.41 Å². The van der Waals surface area contributed by atoms with E-state index < -0.39 is 17.1 Å². The van der Waals surface area contributed by atoms with Gasteiger partial charge in [-0.15, -0.1) is 0 Å². The fraction of sp³-hybridized carbons (Fsp3) is 0.857. The van der Waals surface area contributed by atoms with Crippen molar-refractivity contribution in [3.8, 4) is 0 Å². The second kappa shape index (κ2) is 6.89. The highest BCUT2D eigenvalue weighted by molar-refractivity contribution is 5.84. The Morgan fingerprint density at radius 1 is 1.11 bits per heavy atom. The molecule has 0 aliphatic heterocycles. The summed E-state index contributed by atoms with van der Waals surface area (Å²) in [7, 11) is 1.53. The number of ether oxygens (including phenoxy) is 2. The maximum atomic E-state index is 12.0. The lowest BCUT2D eigenvalue weighted by atomic mass is 9.87. The Morgan fingerprint density at radius 3 is 2.00 bits per heavy atom. The van der Waals surface area contributed by atoms with Crippen molar-refractivity contribution in [2.45, 2.75) is 59.6 Å². The molecular formula is C14H27NO4. The predicted octanol–water partition coefficient (Wildman–Crippen LogP) is 2.53. The molecule has 0 fully saturated rings. The smallest absolute Gasteiger partial charge is 0.407 e. The van der Waals surface area contributed by atoms with Gasteiger partial charge in [0, 0.05) is 18.9 Å². The normalized spacial score (nSPS) is 13.8. The highest BCUT2D eigenvalue weighted by Crippen LogP contribution is 2.18. The van der Waals surface area contributed by atoms with Crippen molar-refractivity contribution in [1.29, 1.82) is 0 Å². The maximum Gasteiger partial charge on any atom is 0.407 e. The first kappa shape index (κ1) is 17.9. The van der Waals surface area contributed by atoms with Gasteiger partial charge in [-0.3, -0.25) is 4.79 Å². The first-order valence-electron chi connectivity index (χ1n) is 6.47. The lowest BCUT2D eigenvalue weighted by Crippen LogP contribution is -2.43. The number of ketones is 1. The molecule has 0 aromatic rings.